The van der Waals surface area contributed by atoms with Gasteiger partial charge >= 0.3 is 30.4 Å². The van der Waals surface area contributed by atoms with Gasteiger partial charge in [-0.05, 0) is 0 Å². The third-order valence-electron chi connectivity index (χ3n) is 2.20. The van der Waals surface area contributed by atoms with Crippen LogP contribution in [-0.2, 0) is 4.79 Å². The third-order valence-corrected chi connectivity index (χ3v) is 2.20. The Labute approximate surface area is 123 Å². The molecule has 0 heterocycles. The molecule has 0 rings (SSSR count). The van der Waals surface area contributed by atoms with E-state index >= 15 is 0 Å². The molecule has 15 heteroatoms. The minimum absolute atomic E-state index is 1.75. The number of alkyl halides is 13. The van der Waals surface area contributed by atoms with Crippen molar-refractivity contribution in [2.45, 2.75) is 36.8 Å². The molecule has 142 valence electrons. The molecule has 24 heavy (non-hydrogen) atoms. The van der Waals surface area contributed by atoms with Crippen molar-refractivity contribution in [2.24, 2.45) is 4.99 Å². The van der Waals surface area contributed by atoms with Crippen LogP contribution in [0.3, 0.4) is 0 Å². The summed E-state index contributed by atoms with van der Waals surface area (Å²) in [6.07, 6.45) is -21.2. The number of carbonyl (C=O) groups is 1. The Hall–Kier alpha value is -1.57. The average molecular weight is 389 g/mol. The lowest BCUT2D eigenvalue weighted by Gasteiger charge is -2.27. The van der Waals surface area contributed by atoms with E-state index in [1.165, 1.54) is 0 Å². The van der Waals surface area contributed by atoms with Crippen molar-refractivity contribution in [2.75, 3.05) is 6.54 Å². The minimum atomic E-state index is -7.03. The maximum Gasteiger partial charge on any atom is 0.460 e. The first kappa shape index (κ1) is 22.4. The van der Waals surface area contributed by atoms with Gasteiger partial charge in [-0.1, -0.05) is 0 Å². The largest absolute Gasteiger partial charge is 0.460 e. The highest BCUT2D eigenvalue weighted by Crippen LogP contribution is 2.47. The molecule has 0 fully saturated rings. The molecule has 0 aromatic rings. The maximum atomic E-state index is 12.8. The van der Waals surface area contributed by atoms with E-state index in [9.17, 15) is 61.9 Å². The first-order valence-corrected chi connectivity index (χ1v) is 5.26. The number of Topliss-reactive ketones (excluding diaryl/α,β-unsaturated/α-hetero) is 1. The van der Waals surface area contributed by atoms with Gasteiger partial charge in [-0.15, -0.1) is 0 Å². The van der Waals surface area contributed by atoms with Crippen molar-refractivity contribution in [3.05, 3.63) is 0 Å². The van der Waals surface area contributed by atoms with E-state index in [2.05, 4.69) is 0 Å². The molecule has 2 nitrogen and oxygen atoms in total. The highest BCUT2D eigenvalue weighted by Gasteiger charge is 2.76. The average Bonchev–Trinajstić information content (AvgIpc) is 2.29. The molecular weight excluding hydrogens is 385 g/mol. The summed E-state index contributed by atoms with van der Waals surface area (Å²) in [5.74, 6) is -17.3. The second-order valence-electron chi connectivity index (χ2n) is 4.12. The fraction of sp³-hybridized carbons (Fsp3) is 0.778. The van der Waals surface area contributed by atoms with Crippen LogP contribution in [0.25, 0.3) is 0 Å². The number of ketones is 1. The Balaban J connectivity index is 5.63. The van der Waals surface area contributed by atoms with Crippen LogP contribution in [0.15, 0.2) is 4.99 Å². The zero-order chi connectivity index (χ0) is 19.8. The van der Waals surface area contributed by atoms with Crippen LogP contribution >= 0.6 is 0 Å². The van der Waals surface area contributed by atoms with Crippen LogP contribution < -0.4 is 0 Å². The van der Waals surface area contributed by atoms with E-state index in [0.717, 1.165) is 0 Å². The SMILES string of the molecule is O=C(CC(=NCC(F)(F)F)C(F)(F)F)C(F)(F)C(F)(F)C(F)(F)F. The molecule has 0 N–H and O–H groups in total. The van der Waals surface area contributed by atoms with Gasteiger partial charge in [-0.2, -0.15) is 57.1 Å². The highest BCUT2D eigenvalue weighted by atomic mass is 19.4. The van der Waals surface area contributed by atoms with Crippen LogP contribution in [0.2, 0.25) is 0 Å². The lowest BCUT2D eigenvalue weighted by molar-refractivity contribution is -0.343. The number of carbonyl (C=O) groups excluding carboxylic acids is 1. The second-order valence-corrected chi connectivity index (χ2v) is 4.12. The van der Waals surface area contributed by atoms with Crippen LogP contribution in [-0.4, -0.2) is 48.4 Å². The van der Waals surface area contributed by atoms with Crippen molar-refractivity contribution >= 4 is 11.5 Å². The van der Waals surface area contributed by atoms with E-state index in [0.29, 0.717) is 0 Å². The summed E-state index contributed by atoms with van der Waals surface area (Å²) in [6, 6.07) is 0. The molecule has 0 aromatic carbocycles. The number of rotatable bonds is 5. The number of hydrogen-bond donors (Lipinski definition) is 0. The molecule has 0 amide bonds. The summed E-state index contributed by atoms with van der Waals surface area (Å²) in [6.45, 7) is -2.61. The molecule has 0 aromatic heterocycles. The molecule has 0 spiro atoms. The van der Waals surface area contributed by atoms with Gasteiger partial charge in [0.1, 0.15) is 12.3 Å². The second kappa shape index (κ2) is 6.38. The molecular formula is C9H4F13NO. The van der Waals surface area contributed by atoms with Gasteiger partial charge in [-0.3, -0.25) is 9.79 Å². The number of aliphatic imine (C=N–C) groups is 1. The van der Waals surface area contributed by atoms with Gasteiger partial charge in [-0.25, -0.2) is 0 Å². The predicted octanol–water partition coefficient (Wildman–Crippen LogP) is 4.34. The first-order valence-electron chi connectivity index (χ1n) is 5.26. The summed E-state index contributed by atoms with van der Waals surface area (Å²) in [4.78, 5) is 12.5. The Bertz CT molecular complexity index is 495. The van der Waals surface area contributed by atoms with Crippen LogP contribution in [0, 0.1) is 0 Å². The molecule has 0 aliphatic rings. The molecule has 0 radical (unpaired) electrons. The van der Waals surface area contributed by atoms with Crippen LogP contribution in [0.1, 0.15) is 6.42 Å². The van der Waals surface area contributed by atoms with E-state index < -0.39 is 54.8 Å². The van der Waals surface area contributed by atoms with Gasteiger partial charge in [0.05, 0.1) is 6.42 Å². The molecule has 0 saturated carbocycles. The monoisotopic (exact) mass is 389 g/mol. The Morgan fingerprint density at radius 2 is 1.17 bits per heavy atom. The Morgan fingerprint density at radius 3 is 1.46 bits per heavy atom. The molecule has 0 bridgehead atoms. The summed E-state index contributed by atoms with van der Waals surface area (Å²) in [7, 11) is 0. The zero-order valence-corrected chi connectivity index (χ0v) is 10.7. The van der Waals surface area contributed by atoms with Gasteiger partial charge in [0.15, 0.2) is 0 Å². The molecule has 0 saturated heterocycles. The smallest absolute Gasteiger partial charge is 0.292 e. The van der Waals surface area contributed by atoms with Gasteiger partial charge in [0.25, 0.3) is 0 Å². The molecule has 0 unspecified atom stereocenters. The number of hydrogen-bond acceptors (Lipinski definition) is 2. The first-order chi connectivity index (χ1) is 10.2. The van der Waals surface area contributed by atoms with Crippen molar-refractivity contribution in [1.29, 1.82) is 0 Å². The van der Waals surface area contributed by atoms with Crippen molar-refractivity contribution in [3.8, 4) is 0 Å². The number of halogens is 13. The van der Waals surface area contributed by atoms with Crippen LogP contribution in [0.4, 0.5) is 57.1 Å². The highest BCUT2D eigenvalue weighted by molar-refractivity contribution is 6.07. The zero-order valence-electron chi connectivity index (χ0n) is 10.7. The predicted molar refractivity (Wildman–Crippen MR) is 50.0 cm³/mol. The fourth-order valence-electron chi connectivity index (χ4n) is 1.05. The topological polar surface area (TPSA) is 29.4 Å². The summed E-state index contributed by atoms with van der Waals surface area (Å²) < 4.78 is 158. The van der Waals surface area contributed by atoms with E-state index in [1.54, 1.807) is 4.99 Å². The normalized spacial score (nSPS) is 15.6. The Morgan fingerprint density at radius 1 is 0.750 bits per heavy atom. The van der Waals surface area contributed by atoms with Gasteiger partial charge in [0, 0.05) is 0 Å². The van der Waals surface area contributed by atoms with Crippen molar-refractivity contribution < 1.29 is 61.9 Å². The summed E-state index contributed by atoms with van der Waals surface area (Å²) in [5, 5.41) is 0. The van der Waals surface area contributed by atoms with Crippen LogP contribution in [0.5, 0.6) is 0 Å². The van der Waals surface area contributed by atoms with Crippen molar-refractivity contribution in [1.82, 2.24) is 0 Å². The van der Waals surface area contributed by atoms with Gasteiger partial charge < -0.3 is 0 Å². The van der Waals surface area contributed by atoms with E-state index in [1.807, 2.05) is 0 Å². The third kappa shape index (κ3) is 5.22. The quantitative estimate of drug-likeness (QED) is 0.508. The van der Waals surface area contributed by atoms with Crippen molar-refractivity contribution in [3.63, 3.8) is 0 Å². The van der Waals surface area contributed by atoms with Gasteiger partial charge in [0.2, 0.25) is 5.78 Å². The lowest BCUT2D eigenvalue weighted by atomic mass is 10.0. The summed E-state index contributed by atoms with van der Waals surface area (Å²) in [5.41, 5.74) is -2.87. The summed E-state index contributed by atoms with van der Waals surface area (Å²) >= 11 is 0. The maximum absolute atomic E-state index is 12.8. The standard InChI is InChI=1S/C9H4F13NO/c10-5(11,12)2-23-3(7(15,16)17)1-4(24)6(13,14)8(18,19)9(20,21)22/h1-2H2. The lowest BCUT2D eigenvalue weighted by Crippen LogP contribution is -2.56. The fourth-order valence-corrected chi connectivity index (χ4v) is 1.05. The Kier molecular flexibility index (Phi) is 5.97. The van der Waals surface area contributed by atoms with E-state index in [4.69, 9.17) is 0 Å². The number of nitrogens with zero attached hydrogens (tertiary/aromatic N) is 1. The minimum Gasteiger partial charge on any atom is -0.292 e. The molecule has 0 aliphatic heterocycles. The van der Waals surface area contributed by atoms with E-state index in [-0.39, 0.29) is 0 Å². The molecule has 0 aliphatic carbocycles. The molecule has 0 atom stereocenters.